The van der Waals surface area contributed by atoms with Gasteiger partial charge in [0.05, 0.1) is 10.6 Å². The minimum Gasteiger partial charge on any atom is -0.360 e. The van der Waals surface area contributed by atoms with Crippen LogP contribution >= 0.6 is 23.1 Å². The van der Waals surface area contributed by atoms with Crippen LogP contribution in [0.2, 0.25) is 0 Å². The SMILES string of the molecule is Cc1cc(NC(=O)C(SCc2nc(-c3cccs3)no2)c2ccccc2)no1. The van der Waals surface area contributed by atoms with Crippen LogP contribution in [0.5, 0.6) is 0 Å². The van der Waals surface area contributed by atoms with Crippen molar-refractivity contribution in [2.45, 2.75) is 17.9 Å². The van der Waals surface area contributed by atoms with E-state index in [4.69, 9.17) is 9.05 Å². The zero-order valence-electron chi connectivity index (χ0n) is 14.9. The van der Waals surface area contributed by atoms with Crippen molar-refractivity contribution in [3.05, 3.63) is 71.1 Å². The maximum atomic E-state index is 12.9. The molecule has 0 radical (unpaired) electrons. The van der Waals surface area contributed by atoms with Crippen LogP contribution in [0.1, 0.15) is 22.5 Å². The van der Waals surface area contributed by atoms with E-state index in [1.54, 1.807) is 24.3 Å². The summed E-state index contributed by atoms with van der Waals surface area (Å²) in [7, 11) is 0. The van der Waals surface area contributed by atoms with Crippen molar-refractivity contribution in [3.63, 3.8) is 0 Å². The van der Waals surface area contributed by atoms with Gasteiger partial charge in [0.15, 0.2) is 5.82 Å². The number of nitrogens with zero attached hydrogens (tertiary/aromatic N) is 3. The van der Waals surface area contributed by atoms with E-state index in [1.807, 2.05) is 47.8 Å². The van der Waals surface area contributed by atoms with E-state index in [9.17, 15) is 4.79 Å². The number of nitrogens with one attached hydrogen (secondary N) is 1. The van der Waals surface area contributed by atoms with Crippen molar-refractivity contribution in [1.29, 1.82) is 0 Å². The first-order valence-electron chi connectivity index (χ1n) is 8.46. The Kier molecular flexibility index (Phi) is 5.54. The normalized spacial score (nSPS) is 12.0. The summed E-state index contributed by atoms with van der Waals surface area (Å²) in [6, 6.07) is 15.1. The fourth-order valence-electron chi connectivity index (χ4n) is 2.54. The lowest BCUT2D eigenvalue weighted by atomic mass is 10.1. The predicted octanol–water partition coefficient (Wildman–Crippen LogP) is 4.71. The second-order valence-corrected chi connectivity index (χ2v) is 7.94. The molecule has 4 aromatic rings. The number of hydrogen-bond acceptors (Lipinski definition) is 8. The Morgan fingerprint density at radius 2 is 2.04 bits per heavy atom. The molecule has 28 heavy (non-hydrogen) atoms. The van der Waals surface area contributed by atoms with Crippen molar-refractivity contribution in [2.24, 2.45) is 0 Å². The first kappa shape index (κ1) is 18.5. The molecule has 0 bridgehead atoms. The van der Waals surface area contributed by atoms with Crippen LogP contribution in [0.15, 0.2) is 63.0 Å². The monoisotopic (exact) mass is 412 g/mol. The van der Waals surface area contributed by atoms with E-state index in [1.165, 1.54) is 11.8 Å². The van der Waals surface area contributed by atoms with Crippen LogP contribution in [0.25, 0.3) is 10.7 Å². The summed E-state index contributed by atoms with van der Waals surface area (Å²) in [5.74, 6) is 2.27. The molecular weight excluding hydrogens is 396 g/mol. The first-order chi connectivity index (χ1) is 13.7. The standard InChI is InChI=1S/C19H16N4O3S2/c1-12-10-15(22-25-12)20-19(24)17(13-6-3-2-4-7-13)28-11-16-21-18(23-26-16)14-8-5-9-27-14/h2-10,17H,11H2,1H3,(H,20,22,24). The number of benzene rings is 1. The maximum absolute atomic E-state index is 12.9. The van der Waals surface area contributed by atoms with Crippen molar-refractivity contribution in [3.8, 4) is 10.7 Å². The van der Waals surface area contributed by atoms with E-state index in [0.29, 0.717) is 29.0 Å². The first-order valence-corrected chi connectivity index (χ1v) is 10.4. The van der Waals surface area contributed by atoms with Crippen LogP contribution in [0.4, 0.5) is 5.82 Å². The number of thioether (sulfide) groups is 1. The average Bonchev–Trinajstić information content (AvgIpc) is 3.45. The van der Waals surface area contributed by atoms with E-state index in [2.05, 4.69) is 20.6 Å². The van der Waals surface area contributed by atoms with Crippen LogP contribution in [0, 0.1) is 6.92 Å². The number of carbonyl (C=O) groups excluding carboxylic acids is 1. The van der Waals surface area contributed by atoms with Crippen molar-refractivity contribution >= 4 is 34.8 Å². The highest BCUT2D eigenvalue weighted by molar-refractivity contribution is 7.99. The lowest BCUT2D eigenvalue weighted by molar-refractivity contribution is -0.115. The highest BCUT2D eigenvalue weighted by Gasteiger charge is 2.23. The number of rotatable bonds is 7. The Labute approximate surface area is 169 Å². The van der Waals surface area contributed by atoms with Gasteiger partial charge in [0.1, 0.15) is 11.0 Å². The Balaban J connectivity index is 1.48. The molecule has 0 saturated carbocycles. The van der Waals surface area contributed by atoms with Gasteiger partial charge in [0.25, 0.3) is 0 Å². The third-order valence-electron chi connectivity index (χ3n) is 3.80. The molecule has 0 aliphatic heterocycles. The molecule has 4 rings (SSSR count). The molecule has 1 unspecified atom stereocenters. The van der Waals surface area contributed by atoms with E-state index in [-0.39, 0.29) is 5.91 Å². The molecule has 9 heteroatoms. The van der Waals surface area contributed by atoms with Gasteiger partial charge in [-0.25, -0.2) is 0 Å². The number of amides is 1. The summed E-state index contributed by atoms with van der Waals surface area (Å²) in [4.78, 5) is 18.2. The number of aromatic nitrogens is 3. The lowest BCUT2D eigenvalue weighted by Gasteiger charge is -2.15. The third kappa shape index (κ3) is 4.32. The number of aryl methyl sites for hydroxylation is 1. The van der Waals surface area contributed by atoms with E-state index < -0.39 is 5.25 Å². The van der Waals surface area contributed by atoms with E-state index in [0.717, 1.165) is 10.4 Å². The smallest absolute Gasteiger partial charge is 0.243 e. The number of thiophene rings is 1. The molecule has 0 aliphatic carbocycles. The van der Waals surface area contributed by atoms with Gasteiger partial charge in [0.2, 0.25) is 17.6 Å². The summed E-state index contributed by atoms with van der Waals surface area (Å²) in [6.45, 7) is 1.77. The summed E-state index contributed by atoms with van der Waals surface area (Å²) < 4.78 is 10.4. The Morgan fingerprint density at radius 1 is 1.18 bits per heavy atom. The second kappa shape index (κ2) is 8.41. The molecule has 1 amide bonds. The third-order valence-corrected chi connectivity index (χ3v) is 5.90. The highest BCUT2D eigenvalue weighted by Crippen LogP contribution is 2.33. The maximum Gasteiger partial charge on any atom is 0.243 e. The van der Waals surface area contributed by atoms with Crippen LogP contribution in [0.3, 0.4) is 0 Å². The molecule has 0 saturated heterocycles. The number of anilines is 1. The summed E-state index contributed by atoms with van der Waals surface area (Å²) in [5.41, 5.74) is 0.878. The second-order valence-electron chi connectivity index (χ2n) is 5.90. The molecular formula is C19H16N4O3S2. The molecule has 1 N–H and O–H groups in total. The zero-order valence-corrected chi connectivity index (χ0v) is 16.5. The zero-order chi connectivity index (χ0) is 19.3. The van der Waals surface area contributed by atoms with E-state index >= 15 is 0 Å². The summed E-state index contributed by atoms with van der Waals surface area (Å²) in [5, 5.41) is 12.1. The van der Waals surface area contributed by atoms with Crippen molar-refractivity contribution < 1.29 is 13.8 Å². The van der Waals surface area contributed by atoms with Gasteiger partial charge >= 0.3 is 0 Å². The van der Waals surface area contributed by atoms with Crippen LogP contribution in [-0.4, -0.2) is 21.2 Å². The Morgan fingerprint density at radius 3 is 2.75 bits per heavy atom. The topological polar surface area (TPSA) is 94.1 Å². The van der Waals surface area contributed by atoms with Gasteiger partial charge in [-0.2, -0.15) is 4.98 Å². The summed E-state index contributed by atoms with van der Waals surface area (Å²) in [6.07, 6.45) is 0. The molecule has 7 nitrogen and oxygen atoms in total. The molecule has 1 aromatic carbocycles. The number of hydrogen-bond donors (Lipinski definition) is 1. The largest absolute Gasteiger partial charge is 0.360 e. The average molecular weight is 412 g/mol. The van der Waals surface area contributed by atoms with Gasteiger partial charge in [-0.1, -0.05) is 46.7 Å². The minimum atomic E-state index is -0.463. The molecule has 0 spiro atoms. The minimum absolute atomic E-state index is 0.192. The fourth-order valence-corrected chi connectivity index (χ4v) is 4.18. The Hall–Kier alpha value is -2.91. The van der Waals surface area contributed by atoms with Gasteiger partial charge in [0, 0.05) is 6.07 Å². The highest BCUT2D eigenvalue weighted by atomic mass is 32.2. The van der Waals surface area contributed by atoms with Crippen molar-refractivity contribution in [2.75, 3.05) is 5.32 Å². The predicted molar refractivity (Wildman–Crippen MR) is 108 cm³/mol. The molecule has 0 aliphatic rings. The number of carbonyl (C=O) groups is 1. The molecule has 1 atom stereocenters. The molecule has 3 aromatic heterocycles. The quantitative estimate of drug-likeness (QED) is 0.470. The molecule has 0 fully saturated rings. The Bertz CT molecular complexity index is 1040. The van der Waals surface area contributed by atoms with Crippen LogP contribution in [-0.2, 0) is 10.5 Å². The summed E-state index contributed by atoms with van der Waals surface area (Å²) >= 11 is 2.96. The van der Waals surface area contributed by atoms with Gasteiger partial charge < -0.3 is 14.4 Å². The van der Waals surface area contributed by atoms with Crippen molar-refractivity contribution in [1.82, 2.24) is 15.3 Å². The van der Waals surface area contributed by atoms with Gasteiger partial charge in [-0.3, -0.25) is 4.79 Å². The fraction of sp³-hybridized carbons (Fsp3) is 0.158. The van der Waals surface area contributed by atoms with Crippen LogP contribution < -0.4 is 5.32 Å². The molecule has 3 heterocycles. The van der Waals surface area contributed by atoms with Gasteiger partial charge in [-0.15, -0.1) is 23.1 Å². The molecule has 142 valence electrons. The van der Waals surface area contributed by atoms with Gasteiger partial charge in [-0.05, 0) is 23.9 Å². The lowest BCUT2D eigenvalue weighted by Crippen LogP contribution is -2.19.